The molecule has 0 N–H and O–H groups in total. The number of aryl methyl sites for hydroxylation is 1. The lowest BCUT2D eigenvalue weighted by atomic mass is 9.94. The van der Waals surface area contributed by atoms with E-state index in [1.54, 1.807) is 17.0 Å². The second-order valence-electron chi connectivity index (χ2n) is 11.2. The molecule has 6 heteroatoms. The number of carbonyl (C=O) groups is 2. The molecule has 2 aromatic carbocycles. The van der Waals surface area contributed by atoms with E-state index in [2.05, 4.69) is 31.4 Å². The summed E-state index contributed by atoms with van der Waals surface area (Å²) in [5.41, 5.74) is 3.85. The maximum Gasteiger partial charge on any atom is 0.254 e. The number of nitrogens with zero attached hydrogens (tertiary/aromatic N) is 3. The monoisotopic (exact) mass is 531 g/mol. The highest BCUT2D eigenvalue weighted by molar-refractivity contribution is 5.96. The highest BCUT2D eigenvalue weighted by atomic mass is 19.1. The van der Waals surface area contributed by atoms with Gasteiger partial charge in [-0.1, -0.05) is 64.3 Å². The van der Waals surface area contributed by atoms with Crippen molar-refractivity contribution in [2.24, 2.45) is 5.92 Å². The number of aromatic nitrogens is 1. The molecule has 1 aliphatic rings. The van der Waals surface area contributed by atoms with Gasteiger partial charge in [0.1, 0.15) is 12.4 Å². The zero-order valence-electron chi connectivity index (χ0n) is 23.6. The Morgan fingerprint density at radius 3 is 2.26 bits per heavy atom. The van der Waals surface area contributed by atoms with Gasteiger partial charge in [0, 0.05) is 36.6 Å². The summed E-state index contributed by atoms with van der Waals surface area (Å²) in [5, 5.41) is 0. The third kappa shape index (κ3) is 7.81. The van der Waals surface area contributed by atoms with Crippen LogP contribution in [0.25, 0.3) is 0 Å². The Hall–Kier alpha value is -3.41. The van der Waals surface area contributed by atoms with Gasteiger partial charge < -0.3 is 14.4 Å². The first-order valence-corrected chi connectivity index (χ1v) is 14.4. The van der Waals surface area contributed by atoms with Crippen LogP contribution in [0.3, 0.4) is 0 Å². The van der Waals surface area contributed by atoms with E-state index in [9.17, 15) is 14.0 Å². The number of carbonyl (C=O) groups excluding carboxylic acids is 2. The molecule has 1 aliphatic carbocycles. The topological polar surface area (TPSA) is 45.6 Å². The molecule has 0 spiro atoms. The summed E-state index contributed by atoms with van der Waals surface area (Å²) < 4.78 is 15.5. The molecule has 3 aromatic rings. The van der Waals surface area contributed by atoms with Crippen molar-refractivity contribution in [3.63, 3.8) is 0 Å². The number of halogens is 1. The fraction of sp³-hybridized carbons (Fsp3) is 0.455. The minimum absolute atomic E-state index is 0.00406. The van der Waals surface area contributed by atoms with Gasteiger partial charge in [-0.05, 0) is 72.7 Å². The van der Waals surface area contributed by atoms with Crippen molar-refractivity contribution < 1.29 is 14.0 Å². The van der Waals surface area contributed by atoms with Crippen LogP contribution in [0.15, 0.2) is 66.9 Å². The minimum atomic E-state index is -0.248. The van der Waals surface area contributed by atoms with E-state index in [4.69, 9.17) is 0 Å². The lowest BCUT2D eigenvalue weighted by Crippen LogP contribution is -2.48. The first-order chi connectivity index (χ1) is 18.8. The Morgan fingerprint density at radius 1 is 0.949 bits per heavy atom. The smallest absolute Gasteiger partial charge is 0.254 e. The Balaban J connectivity index is 1.54. The van der Waals surface area contributed by atoms with Crippen LogP contribution in [0.1, 0.15) is 80.1 Å². The number of rotatable bonds is 11. The van der Waals surface area contributed by atoms with Crippen molar-refractivity contribution in [3.8, 4) is 0 Å². The highest BCUT2D eigenvalue weighted by Gasteiger charge is 2.29. The summed E-state index contributed by atoms with van der Waals surface area (Å²) in [5.74, 6) is -0.103. The van der Waals surface area contributed by atoms with Crippen LogP contribution >= 0.6 is 0 Å². The molecule has 2 amide bonds. The van der Waals surface area contributed by atoms with E-state index in [1.807, 2.05) is 41.4 Å². The van der Waals surface area contributed by atoms with E-state index < -0.39 is 0 Å². The van der Waals surface area contributed by atoms with Gasteiger partial charge in [0.05, 0.1) is 6.54 Å². The van der Waals surface area contributed by atoms with E-state index in [0.29, 0.717) is 25.2 Å². The minimum Gasteiger partial charge on any atom is -0.345 e. The van der Waals surface area contributed by atoms with E-state index >= 15 is 0 Å². The first-order valence-electron chi connectivity index (χ1n) is 14.4. The predicted molar refractivity (Wildman–Crippen MR) is 154 cm³/mol. The van der Waals surface area contributed by atoms with Gasteiger partial charge in [-0.25, -0.2) is 4.39 Å². The number of hydrogen-bond acceptors (Lipinski definition) is 2. The average molecular weight is 532 g/mol. The van der Waals surface area contributed by atoms with Gasteiger partial charge >= 0.3 is 0 Å². The van der Waals surface area contributed by atoms with Crippen LogP contribution in [-0.4, -0.2) is 45.3 Å². The maximum atomic E-state index is 14.0. The molecule has 208 valence electrons. The molecule has 1 saturated carbocycles. The van der Waals surface area contributed by atoms with Gasteiger partial charge in [0.25, 0.3) is 5.91 Å². The van der Waals surface area contributed by atoms with Crippen LogP contribution in [0.4, 0.5) is 4.39 Å². The van der Waals surface area contributed by atoms with Gasteiger partial charge in [-0.2, -0.15) is 0 Å². The second-order valence-corrected chi connectivity index (χ2v) is 11.2. The Morgan fingerprint density at radius 2 is 1.62 bits per heavy atom. The number of benzene rings is 2. The third-order valence-corrected chi connectivity index (χ3v) is 7.67. The predicted octanol–water partition coefficient (Wildman–Crippen LogP) is 6.70. The van der Waals surface area contributed by atoms with Crippen molar-refractivity contribution in [1.82, 2.24) is 14.4 Å². The molecule has 1 aromatic heterocycles. The van der Waals surface area contributed by atoms with Gasteiger partial charge in [-0.15, -0.1) is 0 Å². The molecule has 1 heterocycles. The SMILES string of the molecule is CCc1ccc(C(=O)N(CC(=O)N(Cc2cccn2Cc2ccc(F)cc2)C2CCCCC2)CC(C)C)cc1. The summed E-state index contributed by atoms with van der Waals surface area (Å²) >= 11 is 0. The van der Waals surface area contributed by atoms with Gasteiger partial charge in [0.15, 0.2) is 0 Å². The standard InChI is InChI=1S/C33H42FN3O2/c1-4-26-12-16-28(17-13-26)33(39)36(21-25(2)3)24-32(38)37(30-9-6-5-7-10-30)23-31-11-8-20-35(31)22-27-14-18-29(34)19-15-27/h8,11-20,25,30H,4-7,9-10,21-24H2,1-3H3. The van der Waals surface area contributed by atoms with Crippen molar-refractivity contribution in [3.05, 3.63) is 95.1 Å². The molecule has 0 radical (unpaired) electrons. The normalized spacial score (nSPS) is 14.0. The van der Waals surface area contributed by atoms with Crippen LogP contribution < -0.4 is 0 Å². The fourth-order valence-electron chi connectivity index (χ4n) is 5.50. The molecule has 0 saturated heterocycles. The average Bonchev–Trinajstić information content (AvgIpc) is 3.38. The lowest BCUT2D eigenvalue weighted by molar-refractivity contribution is -0.135. The molecule has 0 atom stereocenters. The number of hydrogen-bond donors (Lipinski definition) is 0. The zero-order valence-corrected chi connectivity index (χ0v) is 23.6. The van der Waals surface area contributed by atoms with Crippen molar-refractivity contribution in [1.29, 1.82) is 0 Å². The lowest BCUT2D eigenvalue weighted by Gasteiger charge is -2.36. The Bertz CT molecular complexity index is 1210. The van der Waals surface area contributed by atoms with Gasteiger partial charge in [-0.3, -0.25) is 9.59 Å². The largest absolute Gasteiger partial charge is 0.345 e. The van der Waals surface area contributed by atoms with Gasteiger partial charge in [0.2, 0.25) is 5.91 Å². The maximum absolute atomic E-state index is 14.0. The Kier molecular flexibility index (Phi) is 9.96. The van der Waals surface area contributed by atoms with Crippen molar-refractivity contribution >= 4 is 11.8 Å². The van der Waals surface area contributed by atoms with Crippen molar-refractivity contribution in [2.75, 3.05) is 13.1 Å². The highest BCUT2D eigenvalue weighted by Crippen LogP contribution is 2.25. The van der Waals surface area contributed by atoms with Crippen molar-refractivity contribution in [2.45, 2.75) is 78.4 Å². The summed E-state index contributed by atoms with van der Waals surface area (Å²) in [7, 11) is 0. The first kappa shape index (κ1) is 28.6. The van der Waals surface area contributed by atoms with Crippen LogP contribution in [0, 0.1) is 11.7 Å². The zero-order chi connectivity index (χ0) is 27.8. The summed E-state index contributed by atoms with van der Waals surface area (Å²) in [6, 6.07) is 18.5. The summed E-state index contributed by atoms with van der Waals surface area (Å²) in [6.45, 7) is 7.95. The van der Waals surface area contributed by atoms with E-state index in [1.165, 1.54) is 24.1 Å². The molecule has 5 nitrogen and oxygen atoms in total. The van der Waals surface area contributed by atoms with E-state index in [-0.39, 0.29) is 36.1 Å². The van der Waals surface area contributed by atoms with E-state index in [0.717, 1.165) is 43.4 Å². The second kappa shape index (κ2) is 13.6. The van der Waals surface area contributed by atoms with Crippen LogP contribution in [0.5, 0.6) is 0 Å². The third-order valence-electron chi connectivity index (χ3n) is 7.67. The quantitative estimate of drug-likeness (QED) is 0.276. The molecule has 4 rings (SSSR count). The Labute approximate surface area is 232 Å². The molecule has 0 unspecified atom stereocenters. The summed E-state index contributed by atoms with van der Waals surface area (Å²) in [6.07, 6.45) is 8.33. The fourth-order valence-corrected chi connectivity index (χ4v) is 5.50. The molecular weight excluding hydrogens is 489 g/mol. The molecule has 39 heavy (non-hydrogen) atoms. The summed E-state index contributed by atoms with van der Waals surface area (Å²) in [4.78, 5) is 31.3. The number of amides is 2. The molecule has 0 aliphatic heterocycles. The molecule has 1 fully saturated rings. The van der Waals surface area contributed by atoms with Crippen LogP contribution in [-0.2, 0) is 24.3 Å². The molecule has 0 bridgehead atoms. The van der Waals surface area contributed by atoms with Crippen LogP contribution in [0.2, 0.25) is 0 Å². The molecular formula is C33H42FN3O2.